The summed E-state index contributed by atoms with van der Waals surface area (Å²) in [6.45, 7) is 6.45. The average molecular weight is 282 g/mol. The fourth-order valence-electron chi connectivity index (χ4n) is 1.94. The fourth-order valence-corrected chi connectivity index (χ4v) is 3.49. The van der Waals surface area contributed by atoms with Gasteiger partial charge in [-0.25, -0.2) is 0 Å². The summed E-state index contributed by atoms with van der Waals surface area (Å²) in [4.78, 5) is 12.1. The number of carbonyl (C=O) groups is 1. The second kappa shape index (κ2) is 6.67. The van der Waals surface area contributed by atoms with Crippen molar-refractivity contribution < 1.29 is 4.79 Å². The molecule has 1 rings (SSSR count). The van der Waals surface area contributed by atoms with Gasteiger partial charge < -0.3 is 0 Å². The van der Waals surface area contributed by atoms with E-state index in [1.165, 1.54) is 17.3 Å². The molecule has 0 radical (unpaired) electrons. The van der Waals surface area contributed by atoms with Crippen molar-refractivity contribution in [1.82, 2.24) is 0 Å². The van der Waals surface area contributed by atoms with Crippen LogP contribution in [0.15, 0.2) is 24.3 Å². The third-order valence-corrected chi connectivity index (χ3v) is 5.28. The first kappa shape index (κ1) is 15.6. The molecule has 0 amide bonds. The second-order valence-corrected chi connectivity index (χ2v) is 7.03. The summed E-state index contributed by atoms with van der Waals surface area (Å²) in [7, 11) is 0. The first-order valence-electron chi connectivity index (χ1n) is 6.17. The number of hydrogen-bond donors (Lipinski definition) is 0. The Balaban J connectivity index is 2.98. The monoisotopic (exact) mass is 282 g/mol. The van der Waals surface area contributed by atoms with Crippen molar-refractivity contribution in [3.05, 3.63) is 35.4 Å². The Kier molecular flexibility index (Phi) is 5.80. The molecule has 0 aliphatic rings. The van der Waals surface area contributed by atoms with E-state index in [1.54, 1.807) is 11.8 Å². The number of rotatable bonds is 5. The highest BCUT2D eigenvalue weighted by Gasteiger charge is 2.33. The fraction of sp³-hybridized carbons (Fsp3) is 0.533. The van der Waals surface area contributed by atoms with Crippen molar-refractivity contribution in [3.8, 4) is 0 Å². The lowest BCUT2D eigenvalue weighted by atomic mass is 9.97. The molecule has 0 heterocycles. The van der Waals surface area contributed by atoms with Crippen LogP contribution in [0.25, 0.3) is 0 Å². The van der Waals surface area contributed by atoms with Crippen LogP contribution >= 0.6 is 23.5 Å². The topological polar surface area (TPSA) is 17.1 Å². The number of benzene rings is 1. The van der Waals surface area contributed by atoms with Crippen molar-refractivity contribution in [2.75, 3.05) is 12.5 Å². The minimum atomic E-state index is -0.435. The standard InChI is InChI=1S/C15H22OS2/c1-11(2)10-12-6-8-13(9-7-12)15(3,18-5)14(16)17-4/h6-9,11H,10H2,1-5H3/t15-/m0/s1. The molecule has 0 bridgehead atoms. The Morgan fingerprint density at radius 1 is 1.22 bits per heavy atom. The molecule has 0 aliphatic carbocycles. The average Bonchev–Trinajstić information content (AvgIpc) is 2.37. The highest BCUT2D eigenvalue weighted by atomic mass is 32.2. The molecule has 18 heavy (non-hydrogen) atoms. The van der Waals surface area contributed by atoms with Crippen LogP contribution in [0.1, 0.15) is 31.9 Å². The van der Waals surface area contributed by atoms with Crippen molar-refractivity contribution in [2.24, 2.45) is 5.92 Å². The smallest absolute Gasteiger partial charge is 0.208 e. The lowest BCUT2D eigenvalue weighted by Gasteiger charge is -2.25. The van der Waals surface area contributed by atoms with E-state index in [1.807, 2.05) is 19.4 Å². The zero-order valence-electron chi connectivity index (χ0n) is 11.8. The maximum atomic E-state index is 12.1. The molecule has 0 spiro atoms. The van der Waals surface area contributed by atoms with Crippen LogP contribution in [0.2, 0.25) is 0 Å². The highest BCUT2D eigenvalue weighted by Crippen LogP contribution is 2.38. The molecule has 1 atom stereocenters. The lowest BCUT2D eigenvalue weighted by molar-refractivity contribution is -0.112. The lowest BCUT2D eigenvalue weighted by Crippen LogP contribution is -2.26. The number of thioether (sulfide) groups is 2. The van der Waals surface area contributed by atoms with Crippen molar-refractivity contribution in [3.63, 3.8) is 0 Å². The van der Waals surface area contributed by atoms with Crippen LogP contribution in [0, 0.1) is 5.92 Å². The highest BCUT2D eigenvalue weighted by molar-refractivity contribution is 8.15. The van der Waals surface area contributed by atoms with Gasteiger partial charge in [-0.15, -0.1) is 11.8 Å². The molecule has 0 saturated carbocycles. The van der Waals surface area contributed by atoms with E-state index in [4.69, 9.17) is 0 Å². The predicted octanol–water partition coefficient (Wildman–Crippen LogP) is 4.35. The van der Waals surface area contributed by atoms with Crippen molar-refractivity contribution in [2.45, 2.75) is 31.9 Å². The van der Waals surface area contributed by atoms with Gasteiger partial charge in [0, 0.05) is 0 Å². The predicted molar refractivity (Wildman–Crippen MR) is 84.4 cm³/mol. The van der Waals surface area contributed by atoms with E-state index in [2.05, 4.69) is 38.1 Å². The van der Waals surface area contributed by atoms with Crippen molar-refractivity contribution >= 4 is 28.6 Å². The van der Waals surface area contributed by atoms with Crippen molar-refractivity contribution in [1.29, 1.82) is 0 Å². The summed E-state index contributed by atoms with van der Waals surface area (Å²) < 4.78 is -0.435. The molecule has 1 aromatic carbocycles. The molecule has 100 valence electrons. The van der Waals surface area contributed by atoms with E-state index in [0.29, 0.717) is 5.92 Å². The molecule has 0 aromatic heterocycles. The van der Waals surface area contributed by atoms with Gasteiger partial charge in [-0.05, 0) is 42.9 Å². The molecule has 1 nitrogen and oxygen atoms in total. The van der Waals surface area contributed by atoms with E-state index in [9.17, 15) is 4.79 Å². The van der Waals surface area contributed by atoms with Gasteiger partial charge in [0.15, 0.2) is 0 Å². The van der Waals surface area contributed by atoms with Crippen LogP contribution in [0.5, 0.6) is 0 Å². The zero-order chi connectivity index (χ0) is 13.8. The van der Waals surface area contributed by atoms with Crippen LogP contribution in [-0.2, 0) is 16.0 Å². The second-order valence-electron chi connectivity index (χ2n) is 5.02. The molecule has 0 aliphatic heterocycles. The molecular formula is C15H22OS2. The van der Waals surface area contributed by atoms with Crippen LogP contribution in [0.3, 0.4) is 0 Å². The minimum absolute atomic E-state index is 0.214. The summed E-state index contributed by atoms with van der Waals surface area (Å²) in [6, 6.07) is 8.50. The maximum absolute atomic E-state index is 12.1. The minimum Gasteiger partial charge on any atom is -0.285 e. The first-order valence-corrected chi connectivity index (χ1v) is 8.62. The van der Waals surface area contributed by atoms with E-state index >= 15 is 0 Å². The van der Waals surface area contributed by atoms with Gasteiger partial charge in [-0.1, -0.05) is 49.9 Å². The quantitative estimate of drug-likeness (QED) is 0.799. The van der Waals surface area contributed by atoms with Crippen LogP contribution in [0.4, 0.5) is 0 Å². The summed E-state index contributed by atoms with van der Waals surface area (Å²) in [5.41, 5.74) is 2.44. The molecule has 1 aromatic rings. The van der Waals surface area contributed by atoms with Gasteiger partial charge in [0.1, 0.15) is 4.75 Å². The summed E-state index contributed by atoms with van der Waals surface area (Å²) in [5, 5.41) is 0.214. The van der Waals surface area contributed by atoms with Gasteiger partial charge in [-0.2, -0.15) is 0 Å². The number of hydrogen-bond acceptors (Lipinski definition) is 3. The Labute approximate surface area is 119 Å². The number of carbonyl (C=O) groups excluding carboxylic acids is 1. The largest absolute Gasteiger partial charge is 0.285 e. The van der Waals surface area contributed by atoms with Gasteiger partial charge in [-0.3, -0.25) is 4.79 Å². The van der Waals surface area contributed by atoms with E-state index in [0.717, 1.165) is 12.0 Å². The molecule has 0 fully saturated rings. The molecule has 3 heteroatoms. The third kappa shape index (κ3) is 3.55. The third-order valence-electron chi connectivity index (χ3n) is 3.13. The van der Waals surface area contributed by atoms with Gasteiger partial charge >= 0.3 is 0 Å². The Morgan fingerprint density at radius 3 is 2.17 bits per heavy atom. The Morgan fingerprint density at radius 2 is 1.78 bits per heavy atom. The first-order chi connectivity index (χ1) is 8.43. The molecule has 0 unspecified atom stereocenters. The molecule has 0 saturated heterocycles. The molecule has 0 N–H and O–H groups in total. The van der Waals surface area contributed by atoms with Crippen LogP contribution in [-0.4, -0.2) is 17.6 Å². The SMILES string of the molecule is CSC(=O)[C@@](C)(SC)c1ccc(CC(C)C)cc1. The van der Waals surface area contributed by atoms with Gasteiger partial charge in [0.2, 0.25) is 5.12 Å². The van der Waals surface area contributed by atoms with Gasteiger partial charge in [0.05, 0.1) is 0 Å². The Hall–Kier alpha value is -0.410. The summed E-state index contributed by atoms with van der Waals surface area (Å²) >= 11 is 2.91. The normalized spacial score (nSPS) is 14.6. The Bertz CT molecular complexity index is 397. The van der Waals surface area contributed by atoms with Gasteiger partial charge in [0.25, 0.3) is 0 Å². The molecular weight excluding hydrogens is 260 g/mol. The summed E-state index contributed by atoms with van der Waals surface area (Å²) in [6.07, 6.45) is 4.94. The summed E-state index contributed by atoms with van der Waals surface area (Å²) in [5.74, 6) is 0.663. The zero-order valence-corrected chi connectivity index (χ0v) is 13.5. The van der Waals surface area contributed by atoms with E-state index < -0.39 is 4.75 Å². The van der Waals surface area contributed by atoms with Crippen LogP contribution < -0.4 is 0 Å². The maximum Gasteiger partial charge on any atom is 0.208 e. The van der Waals surface area contributed by atoms with E-state index in [-0.39, 0.29) is 5.12 Å².